The van der Waals surface area contributed by atoms with E-state index in [1.807, 2.05) is 0 Å². The van der Waals surface area contributed by atoms with Crippen molar-refractivity contribution < 1.29 is 32.3 Å². The molecule has 11 heteroatoms. The van der Waals surface area contributed by atoms with Gasteiger partial charge >= 0.3 is 13.9 Å². The lowest BCUT2D eigenvalue weighted by Crippen LogP contribution is -2.12. The quantitative estimate of drug-likeness (QED) is 0.526. The summed E-state index contributed by atoms with van der Waals surface area (Å²) in [6.07, 6.45) is -4.69. The monoisotopic (exact) mass is 390 g/mol. The molecule has 132 valence electrons. The fourth-order valence-electron chi connectivity index (χ4n) is 2.37. The van der Waals surface area contributed by atoms with Crippen molar-refractivity contribution in [3.63, 3.8) is 0 Å². The Balaban J connectivity index is 2.05. The number of fused-ring (bicyclic) bond motifs is 1. The van der Waals surface area contributed by atoms with Crippen LogP contribution in [-0.4, -0.2) is 31.1 Å². The molecule has 0 radical (unpaired) electrons. The van der Waals surface area contributed by atoms with Crippen molar-refractivity contribution >= 4 is 35.8 Å². The Morgan fingerprint density at radius 1 is 1.28 bits per heavy atom. The van der Waals surface area contributed by atoms with Gasteiger partial charge in [-0.2, -0.15) is 13.2 Å². The molecular weight excluding hydrogens is 380 g/mol. The van der Waals surface area contributed by atoms with Gasteiger partial charge in [0.15, 0.2) is 5.01 Å². The van der Waals surface area contributed by atoms with E-state index in [-0.39, 0.29) is 27.2 Å². The van der Waals surface area contributed by atoms with Gasteiger partial charge in [-0.25, -0.2) is 9.55 Å². The molecule has 0 spiro atoms. The molecule has 1 aromatic carbocycles. The molecule has 0 aliphatic heterocycles. The van der Waals surface area contributed by atoms with Gasteiger partial charge in [-0.1, -0.05) is 18.2 Å². The lowest BCUT2D eigenvalue weighted by Gasteiger charge is -2.05. The van der Waals surface area contributed by atoms with Crippen LogP contribution in [-0.2, 0) is 11.0 Å². The minimum Gasteiger partial charge on any atom is -0.308 e. The summed E-state index contributed by atoms with van der Waals surface area (Å²) >= 11 is 0.755. The van der Waals surface area contributed by atoms with Crippen LogP contribution in [0.15, 0.2) is 35.8 Å². The summed E-state index contributed by atoms with van der Waals surface area (Å²) in [7, 11) is -4.70. The van der Waals surface area contributed by atoms with Crippen molar-refractivity contribution in [1.29, 1.82) is 0 Å². The maximum atomic E-state index is 12.6. The number of hydrogen-bond donors (Lipinski definition) is 2. The number of para-hydroxylation sites is 1. The third-order valence-electron chi connectivity index (χ3n) is 3.35. The number of ketones is 1. The van der Waals surface area contributed by atoms with Gasteiger partial charge in [-0.3, -0.25) is 9.13 Å². The average molecular weight is 390 g/mol. The largest absolute Gasteiger partial charge is 0.434 e. The lowest BCUT2D eigenvalue weighted by atomic mass is 10.1. The summed E-state index contributed by atoms with van der Waals surface area (Å²) in [4.78, 5) is 35.1. The summed E-state index contributed by atoms with van der Waals surface area (Å²) in [5, 5.41) is 1.25. The van der Waals surface area contributed by atoms with Gasteiger partial charge in [0.05, 0.1) is 23.2 Å². The Morgan fingerprint density at radius 3 is 2.60 bits per heavy atom. The molecule has 0 saturated carbocycles. The molecule has 0 fully saturated rings. The Bertz CT molecular complexity index is 1010. The number of carbonyl (C=O) groups excluding carboxylic acids is 1. The highest BCUT2D eigenvalue weighted by atomic mass is 32.1. The lowest BCUT2D eigenvalue weighted by molar-refractivity contribution is -0.127. The molecule has 0 saturated heterocycles. The molecule has 25 heavy (non-hydrogen) atoms. The number of nitrogens with zero attached hydrogens (tertiary/aromatic N) is 2. The third kappa shape index (κ3) is 3.67. The molecule has 0 amide bonds. The van der Waals surface area contributed by atoms with Gasteiger partial charge in [-0.15, -0.1) is 11.3 Å². The van der Waals surface area contributed by atoms with Gasteiger partial charge in [0.25, 0.3) is 0 Å². The van der Waals surface area contributed by atoms with Gasteiger partial charge < -0.3 is 9.79 Å². The number of thiazole rings is 1. The summed E-state index contributed by atoms with van der Waals surface area (Å²) in [6, 6.07) is 6.06. The molecule has 6 nitrogen and oxygen atoms in total. The van der Waals surface area contributed by atoms with E-state index >= 15 is 0 Å². The van der Waals surface area contributed by atoms with Crippen molar-refractivity contribution in [1.82, 2.24) is 9.32 Å². The first-order chi connectivity index (χ1) is 11.6. The van der Waals surface area contributed by atoms with E-state index < -0.39 is 26.1 Å². The minimum absolute atomic E-state index is 0.0353. The van der Waals surface area contributed by atoms with Crippen molar-refractivity contribution in [3.8, 4) is 0 Å². The Hall–Kier alpha value is -2.00. The van der Waals surface area contributed by atoms with Crippen LogP contribution in [0.1, 0.15) is 21.1 Å². The van der Waals surface area contributed by atoms with Crippen LogP contribution in [0.25, 0.3) is 10.9 Å². The Kier molecular flexibility index (Phi) is 4.32. The molecule has 0 aliphatic rings. The van der Waals surface area contributed by atoms with Crippen LogP contribution in [0.5, 0.6) is 0 Å². The second-order valence-electron chi connectivity index (χ2n) is 5.18. The van der Waals surface area contributed by atoms with E-state index in [9.17, 15) is 32.3 Å². The third-order valence-corrected chi connectivity index (χ3v) is 5.13. The SMILES string of the molecule is O=C(c1nc(CC(F)(F)F)cs1)c1cn(P(=O)(O)O)c2ccccc12. The molecule has 2 N–H and O–H groups in total. The highest BCUT2D eigenvalue weighted by molar-refractivity contribution is 7.50. The Morgan fingerprint density at radius 2 is 1.96 bits per heavy atom. The fraction of sp³-hybridized carbons (Fsp3) is 0.143. The summed E-state index contributed by atoms with van der Waals surface area (Å²) in [6.45, 7) is 0. The molecule has 0 atom stereocenters. The molecule has 2 heterocycles. The number of aromatic nitrogens is 2. The molecule has 0 aliphatic carbocycles. The van der Waals surface area contributed by atoms with Crippen LogP contribution in [0.2, 0.25) is 0 Å². The number of halogens is 3. The number of hydrogen-bond acceptors (Lipinski definition) is 4. The number of alkyl halides is 3. The second-order valence-corrected chi connectivity index (χ2v) is 7.50. The summed E-state index contributed by atoms with van der Waals surface area (Å²) in [5.74, 6) is -0.693. The van der Waals surface area contributed by atoms with Crippen LogP contribution >= 0.6 is 19.1 Å². The van der Waals surface area contributed by atoms with Crippen molar-refractivity contribution in [3.05, 3.63) is 52.1 Å². The van der Waals surface area contributed by atoms with Gasteiger partial charge in [0.2, 0.25) is 5.78 Å². The topological polar surface area (TPSA) is 92.4 Å². The van der Waals surface area contributed by atoms with E-state index in [2.05, 4.69) is 4.98 Å². The predicted octanol–water partition coefficient (Wildman–Crippen LogP) is 3.37. The number of carbonyl (C=O) groups is 1. The number of benzene rings is 1. The first-order valence-corrected chi connectivity index (χ1v) is 9.23. The zero-order valence-electron chi connectivity index (χ0n) is 12.3. The van der Waals surface area contributed by atoms with E-state index in [0.717, 1.165) is 22.9 Å². The predicted molar refractivity (Wildman–Crippen MR) is 84.7 cm³/mol. The zero-order valence-corrected chi connectivity index (χ0v) is 14.0. The normalized spacial score (nSPS) is 12.7. The highest BCUT2D eigenvalue weighted by Crippen LogP contribution is 2.42. The van der Waals surface area contributed by atoms with Crippen LogP contribution in [0.4, 0.5) is 13.2 Å². The average Bonchev–Trinajstić information content (AvgIpc) is 3.08. The minimum atomic E-state index is -4.70. The van der Waals surface area contributed by atoms with E-state index in [1.165, 1.54) is 12.1 Å². The molecular formula is C14H10F3N2O4PS. The second kappa shape index (κ2) is 6.06. The number of rotatable bonds is 4. The van der Waals surface area contributed by atoms with Crippen molar-refractivity contribution in [2.75, 3.05) is 0 Å². The smallest absolute Gasteiger partial charge is 0.308 e. The van der Waals surface area contributed by atoms with Crippen molar-refractivity contribution in [2.45, 2.75) is 12.6 Å². The van der Waals surface area contributed by atoms with E-state index in [4.69, 9.17) is 0 Å². The van der Waals surface area contributed by atoms with Crippen molar-refractivity contribution in [2.24, 2.45) is 0 Å². The molecule has 3 rings (SSSR count). The maximum absolute atomic E-state index is 12.6. The molecule has 0 bridgehead atoms. The molecule has 3 aromatic rings. The standard InChI is InChI=1S/C14H10F3N2O4PS/c15-14(16,17)5-8-7-25-13(18-8)12(20)10-6-19(24(21,22)23)11-4-2-1-3-9(10)11/h1-4,6-7H,5H2,(H2,21,22,23). The van der Waals surface area contributed by atoms with Gasteiger partial charge in [-0.05, 0) is 6.07 Å². The first-order valence-electron chi connectivity index (χ1n) is 6.78. The van der Waals surface area contributed by atoms with E-state index in [1.54, 1.807) is 12.1 Å². The first kappa shape index (κ1) is 17.8. The Labute approximate surface area is 142 Å². The maximum Gasteiger partial charge on any atom is 0.434 e. The van der Waals surface area contributed by atoms with Crippen LogP contribution < -0.4 is 0 Å². The highest BCUT2D eigenvalue weighted by Gasteiger charge is 2.30. The van der Waals surface area contributed by atoms with Crippen LogP contribution in [0, 0.1) is 0 Å². The molecule has 2 aromatic heterocycles. The summed E-state index contributed by atoms with van der Waals surface area (Å²) < 4.78 is 49.5. The molecule has 0 unspecified atom stereocenters. The summed E-state index contributed by atoms with van der Waals surface area (Å²) in [5.41, 5.74) is -0.169. The van der Waals surface area contributed by atoms with E-state index in [0.29, 0.717) is 4.34 Å². The van der Waals surface area contributed by atoms with Gasteiger partial charge in [0, 0.05) is 17.0 Å². The van der Waals surface area contributed by atoms with Gasteiger partial charge in [0.1, 0.15) is 0 Å². The van der Waals surface area contributed by atoms with Crippen LogP contribution in [0.3, 0.4) is 0 Å². The zero-order chi connectivity index (χ0) is 18.4. The fourth-order valence-corrected chi connectivity index (χ4v) is 3.86.